The van der Waals surface area contributed by atoms with Crippen LogP contribution >= 0.6 is 22.7 Å². The Labute approximate surface area is 355 Å². The summed E-state index contributed by atoms with van der Waals surface area (Å²) in [6.07, 6.45) is 4.40. The minimum atomic E-state index is -0.917. The Hall–Kier alpha value is -5.69. The highest BCUT2D eigenvalue weighted by molar-refractivity contribution is 7.10. The molecule has 7 rings (SSSR count). The topological polar surface area (TPSA) is 218 Å². The van der Waals surface area contributed by atoms with Gasteiger partial charge < -0.3 is 40.2 Å². The lowest BCUT2D eigenvalue weighted by Crippen LogP contribution is -2.55. The van der Waals surface area contributed by atoms with Crippen LogP contribution in [0.5, 0.6) is 0 Å². The van der Waals surface area contributed by atoms with E-state index < -0.39 is 53.9 Å². The highest BCUT2D eigenvalue weighted by Gasteiger charge is 2.39. The Morgan fingerprint density at radius 2 is 1.58 bits per heavy atom. The SMILES string of the molecule is CC(C)[C@@H]1NC(=O)[C@@H]2CCCN2C(=O)c2coc(n2)-c2csc(n2)[C@@H]2CCCN2C(=O)[C@H](CCCCNC(=O)OCc2ccccc2)NC(=O)c2csc(n2)[C@H](C)NC1=O. The van der Waals surface area contributed by atoms with Gasteiger partial charge in [-0.15, -0.1) is 22.7 Å². The molecule has 60 heavy (non-hydrogen) atoms. The van der Waals surface area contributed by atoms with Gasteiger partial charge in [-0.3, -0.25) is 24.0 Å². The summed E-state index contributed by atoms with van der Waals surface area (Å²) in [5.74, 6) is -2.33. The van der Waals surface area contributed by atoms with Gasteiger partial charge in [0.15, 0.2) is 5.69 Å². The molecular formula is C41H49N9O8S2. The first-order chi connectivity index (χ1) is 29.0. The average Bonchev–Trinajstić information content (AvgIpc) is 4.09. The summed E-state index contributed by atoms with van der Waals surface area (Å²) in [5.41, 5.74) is 1.39. The number of benzene rings is 1. The molecule has 3 aliphatic rings. The molecule has 5 atom stereocenters. The summed E-state index contributed by atoms with van der Waals surface area (Å²) >= 11 is 2.54. The second kappa shape index (κ2) is 19.1. The maximum absolute atomic E-state index is 14.4. The quantitative estimate of drug-likeness (QED) is 0.177. The monoisotopic (exact) mass is 859 g/mol. The average molecular weight is 860 g/mol. The van der Waals surface area contributed by atoms with Crippen LogP contribution in [0, 0.1) is 5.92 Å². The van der Waals surface area contributed by atoms with Gasteiger partial charge in [0, 0.05) is 30.4 Å². The molecular weight excluding hydrogens is 811 g/mol. The summed E-state index contributed by atoms with van der Waals surface area (Å²) in [6, 6.07) is 5.73. The molecule has 1 aromatic carbocycles. The van der Waals surface area contributed by atoms with E-state index in [0.29, 0.717) is 67.4 Å². The second-order valence-corrected chi connectivity index (χ2v) is 17.3. The molecule has 4 aromatic rings. The molecule has 17 nitrogen and oxygen atoms in total. The summed E-state index contributed by atoms with van der Waals surface area (Å²) in [5, 5.41) is 15.9. The van der Waals surface area contributed by atoms with Crippen LogP contribution in [0.25, 0.3) is 11.6 Å². The molecule has 3 aliphatic heterocycles. The molecule has 0 radical (unpaired) electrons. The number of alkyl carbamates (subject to hydrolysis) is 1. The largest absolute Gasteiger partial charge is 0.445 e. The number of amides is 6. The number of hydrogen-bond acceptors (Lipinski definition) is 13. The van der Waals surface area contributed by atoms with E-state index in [0.717, 1.165) is 12.0 Å². The first-order valence-electron chi connectivity index (χ1n) is 20.3. The van der Waals surface area contributed by atoms with Gasteiger partial charge >= 0.3 is 6.09 Å². The molecule has 6 heterocycles. The lowest BCUT2D eigenvalue weighted by atomic mass is 10.0. The van der Waals surface area contributed by atoms with Gasteiger partial charge in [-0.2, -0.15) is 0 Å². The fourth-order valence-electron chi connectivity index (χ4n) is 7.61. The van der Waals surface area contributed by atoms with E-state index >= 15 is 0 Å². The number of fused-ring (bicyclic) bond motifs is 10. The molecule has 0 aliphatic carbocycles. The molecule has 19 heteroatoms. The molecule has 6 amide bonds. The Kier molecular flexibility index (Phi) is 13.5. The summed E-state index contributed by atoms with van der Waals surface area (Å²) in [7, 11) is 0. The number of aromatic nitrogens is 3. The third-order valence-corrected chi connectivity index (χ3v) is 12.8. The number of hydrogen-bond donors (Lipinski definition) is 4. The van der Waals surface area contributed by atoms with Crippen LogP contribution in [0.4, 0.5) is 4.79 Å². The van der Waals surface area contributed by atoms with Crippen molar-refractivity contribution in [2.24, 2.45) is 5.92 Å². The van der Waals surface area contributed by atoms with Gasteiger partial charge in [-0.05, 0) is 63.4 Å². The molecule has 0 spiro atoms. The molecule has 6 bridgehead atoms. The minimum absolute atomic E-state index is 0.0269. The predicted octanol–water partition coefficient (Wildman–Crippen LogP) is 4.75. The van der Waals surface area contributed by atoms with Crippen molar-refractivity contribution in [3.63, 3.8) is 0 Å². The zero-order valence-corrected chi connectivity index (χ0v) is 35.3. The molecule has 2 saturated heterocycles. The van der Waals surface area contributed by atoms with Gasteiger partial charge in [0.1, 0.15) is 52.4 Å². The maximum Gasteiger partial charge on any atom is 0.407 e. The van der Waals surface area contributed by atoms with E-state index in [9.17, 15) is 28.8 Å². The molecule has 2 fully saturated rings. The third-order valence-electron chi connectivity index (χ3n) is 10.8. The van der Waals surface area contributed by atoms with Gasteiger partial charge in [0.25, 0.3) is 11.8 Å². The van der Waals surface area contributed by atoms with E-state index in [1.165, 1.54) is 33.8 Å². The van der Waals surface area contributed by atoms with Crippen LogP contribution in [0.3, 0.4) is 0 Å². The Morgan fingerprint density at radius 3 is 2.37 bits per heavy atom. The molecule has 3 aromatic heterocycles. The number of unbranched alkanes of at least 4 members (excludes halogenated alkanes) is 1. The second-order valence-electron chi connectivity index (χ2n) is 15.5. The molecule has 0 saturated carbocycles. The zero-order chi connectivity index (χ0) is 42.3. The van der Waals surface area contributed by atoms with Gasteiger partial charge in [-0.1, -0.05) is 44.2 Å². The summed E-state index contributed by atoms with van der Waals surface area (Å²) < 4.78 is 11.0. The standard InChI is InChI=1S/C41H49N9O8S2/c1-23(2)32-35(53)43-24(3)37-46-28(21-59-37)33(51)44-26(13-7-8-16-42-41(56)58-19-25-11-5-4-6-12-25)39(54)50-18-10-15-31(50)38-47-29(22-60-38)36-45-27(20-57-36)40(55)49-17-9-14-30(49)34(52)48-32/h4-6,11-12,20-24,26,30-32H,7-10,13-19H2,1-3H3,(H,42,56)(H,43,53)(H,44,51)(H,48,52)/t24-,26-,30-,31-,32-/m0/s1. The van der Waals surface area contributed by atoms with E-state index in [1.54, 1.807) is 22.6 Å². The normalized spacial score (nSPS) is 22.7. The smallest absolute Gasteiger partial charge is 0.407 e. The third kappa shape index (κ3) is 9.84. The van der Waals surface area contributed by atoms with Crippen molar-refractivity contribution >= 4 is 58.3 Å². The van der Waals surface area contributed by atoms with Gasteiger partial charge in [0.2, 0.25) is 23.6 Å². The number of nitrogens with zero attached hydrogens (tertiary/aromatic N) is 5. The van der Waals surface area contributed by atoms with Crippen LogP contribution in [0.2, 0.25) is 0 Å². The van der Waals surface area contributed by atoms with Crippen molar-refractivity contribution in [1.29, 1.82) is 0 Å². The summed E-state index contributed by atoms with van der Waals surface area (Å²) in [6.45, 7) is 6.61. The zero-order valence-electron chi connectivity index (χ0n) is 33.7. The van der Waals surface area contributed by atoms with Crippen LogP contribution in [-0.2, 0) is 25.7 Å². The van der Waals surface area contributed by atoms with Crippen LogP contribution in [0.1, 0.15) is 114 Å². The predicted molar refractivity (Wildman–Crippen MR) is 221 cm³/mol. The fraction of sp³-hybridized carbons (Fsp3) is 0.488. The van der Waals surface area contributed by atoms with E-state index in [2.05, 4.69) is 31.2 Å². The number of thiazole rings is 2. The van der Waals surface area contributed by atoms with Crippen molar-refractivity contribution in [3.05, 3.63) is 74.3 Å². The van der Waals surface area contributed by atoms with E-state index in [-0.39, 0.29) is 48.2 Å². The number of oxazole rings is 1. The van der Waals surface area contributed by atoms with Crippen molar-refractivity contribution in [1.82, 2.24) is 46.0 Å². The highest BCUT2D eigenvalue weighted by atomic mass is 32.1. The van der Waals surface area contributed by atoms with Crippen molar-refractivity contribution in [2.45, 2.75) is 103 Å². The Morgan fingerprint density at radius 1 is 0.867 bits per heavy atom. The van der Waals surface area contributed by atoms with Crippen LogP contribution in [-0.4, -0.2) is 98.1 Å². The van der Waals surface area contributed by atoms with Gasteiger partial charge in [-0.25, -0.2) is 19.7 Å². The maximum atomic E-state index is 14.4. The lowest BCUT2D eigenvalue weighted by molar-refractivity contribution is -0.134. The number of carbonyl (C=O) groups is 6. The molecule has 0 unspecified atom stereocenters. The highest BCUT2D eigenvalue weighted by Crippen LogP contribution is 2.36. The number of nitrogens with one attached hydrogen (secondary N) is 4. The number of rotatable bonds is 8. The lowest BCUT2D eigenvalue weighted by Gasteiger charge is -2.28. The Bertz CT molecular complexity index is 2190. The first-order valence-corrected chi connectivity index (χ1v) is 22.1. The van der Waals surface area contributed by atoms with E-state index in [4.69, 9.17) is 14.1 Å². The Balaban J connectivity index is 1.11. The number of ether oxygens (including phenoxy) is 1. The first kappa shape index (κ1) is 42.4. The fourth-order valence-corrected chi connectivity index (χ4v) is 9.36. The van der Waals surface area contributed by atoms with Gasteiger partial charge in [0.05, 0.1) is 12.1 Å². The minimum Gasteiger partial charge on any atom is -0.445 e. The van der Waals surface area contributed by atoms with Crippen molar-refractivity contribution in [2.75, 3.05) is 19.6 Å². The van der Waals surface area contributed by atoms with Crippen LogP contribution < -0.4 is 21.3 Å². The number of carbonyl (C=O) groups excluding carboxylic acids is 6. The van der Waals surface area contributed by atoms with E-state index in [1.807, 2.05) is 44.2 Å². The molecule has 4 N–H and O–H groups in total. The summed E-state index contributed by atoms with van der Waals surface area (Å²) in [4.78, 5) is 98.5. The van der Waals surface area contributed by atoms with Crippen LogP contribution in [0.15, 0.2) is 51.8 Å². The molecule has 318 valence electrons. The van der Waals surface area contributed by atoms with Crippen molar-refractivity contribution < 1.29 is 37.9 Å². The van der Waals surface area contributed by atoms with Crippen molar-refractivity contribution in [3.8, 4) is 11.6 Å².